The smallest absolute Gasteiger partial charge is 0.213 e. The van der Waals surface area contributed by atoms with E-state index in [9.17, 15) is 0 Å². The molecule has 0 aliphatic rings. The summed E-state index contributed by atoms with van der Waals surface area (Å²) in [6, 6.07) is 5.23. The van der Waals surface area contributed by atoms with E-state index in [0.29, 0.717) is 18.1 Å². The molecule has 0 aliphatic heterocycles. The lowest BCUT2D eigenvalue weighted by Crippen LogP contribution is -1.93. The third kappa shape index (κ3) is 2.84. The van der Waals surface area contributed by atoms with Crippen LogP contribution in [0.25, 0.3) is 0 Å². The van der Waals surface area contributed by atoms with E-state index in [1.165, 1.54) is 0 Å². The van der Waals surface area contributed by atoms with Crippen LogP contribution in [-0.4, -0.2) is 11.6 Å². The fourth-order valence-corrected chi connectivity index (χ4v) is 0.788. The Morgan fingerprint density at radius 3 is 2.92 bits per heavy atom. The van der Waals surface area contributed by atoms with E-state index in [2.05, 4.69) is 16.8 Å². The van der Waals surface area contributed by atoms with Crippen molar-refractivity contribution in [1.29, 1.82) is 5.26 Å². The lowest BCUT2D eigenvalue weighted by atomic mass is 10.3. The van der Waals surface area contributed by atoms with Gasteiger partial charge in [-0.1, -0.05) is 0 Å². The molecule has 0 spiro atoms. The van der Waals surface area contributed by atoms with Crippen molar-refractivity contribution in [3.8, 4) is 23.8 Å². The van der Waals surface area contributed by atoms with Crippen molar-refractivity contribution >= 4 is 0 Å². The van der Waals surface area contributed by atoms with Crippen LogP contribution in [0.15, 0.2) is 18.3 Å². The van der Waals surface area contributed by atoms with E-state index in [-0.39, 0.29) is 0 Å². The number of ether oxygens (including phenoxy) is 1. The monoisotopic (exact) mass is 172 g/mol. The zero-order valence-electron chi connectivity index (χ0n) is 7.24. The molecule has 1 heterocycles. The van der Waals surface area contributed by atoms with E-state index < -0.39 is 0 Å². The third-order valence-corrected chi connectivity index (χ3v) is 1.29. The maximum atomic E-state index is 8.20. The summed E-state index contributed by atoms with van der Waals surface area (Å²) in [6.45, 7) is 2.49. The Hall–Kier alpha value is -2.00. The van der Waals surface area contributed by atoms with Crippen molar-refractivity contribution in [1.82, 2.24) is 4.98 Å². The van der Waals surface area contributed by atoms with Crippen LogP contribution in [-0.2, 0) is 0 Å². The highest BCUT2D eigenvalue weighted by Gasteiger charge is 1.92. The highest BCUT2D eigenvalue weighted by Crippen LogP contribution is 2.05. The van der Waals surface area contributed by atoms with Crippen LogP contribution < -0.4 is 4.74 Å². The van der Waals surface area contributed by atoms with Gasteiger partial charge in [-0.25, -0.2) is 4.98 Å². The normalized spacial score (nSPS) is 8.00. The lowest BCUT2D eigenvalue weighted by molar-refractivity contribution is 0.327. The highest BCUT2D eigenvalue weighted by molar-refractivity contribution is 5.37. The van der Waals surface area contributed by atoms with Crippen molar-refractivity contribution < 1.29 is 4.74 Å². The van der Waals surface area contributed by atoms with Crippen LogP contribution in [0.2, 0.25) is 0 Å². The van der Waals surface area contributed by atoms with Crippen molar-refractivity contribution in [3.63, 3.8) is 0 Å². The molecular formula is C10H8N2O. The summed E-state index contributed by atoms with van der Waals surface area (Å²) < 4.78 is 5.14. The van der Waals surface area contributed by atoms with Crippen LogP contribution in [0.3, 0.4) is 0 Å². The second-order valence-corrected chi connectivity index (χ2v) is 2.18. The molecule has 0 fully saturated rings. The SMILES string of the molecule is CCOc1ccc(C#CC#N)cn1. The maximum Gasteiger partial charge on any atom is 0.213 e. The molecule has 13 heavy (non-hydrogen) atoms. The fourth-order valence-electron chi connectivity index (χ4n) is 0.788. The van der Waals surface area contributed by atoms with Gasteiger partial charge in [0.15, 0.2) is 6.07 Å². The standard InChI is InChI=1S/C10H8N2O/c1-2-13-10-6-5-9(8-12-10)4-3-7-11/h5-6,8H,2H2,1H3. The van der Waals surface area contributed by atoms with Gasteiger partial charge in [0.05, 0.1) is 6.61 Å². The number of hydrogen-bond donors (Lipinski definition) is 0. The predicted octanol–water partition coefficient (Wildman–Crippen LogP) is 1.36. The average molecular weight is 172 g/mol. The van der Waals surface area contributed by atoms with Crippen LogP contribution in [0.1, 0.15) is 12.5 Å². The van der Waals surface area contributed by atoms with E-state index in [4.69, 9.17) is 10.00 Å². The summed E-state index contributed by atoms with van der Waals surface area (Å²) in [4.78, 5) is 3.99. The summed E-state index contributed by atoms with van der Waals surface area (Å²) in [6.07, 6.45) is 1.58. The van der Waals surface area contributed by atoms with Gasteiger partial charge in [-0.2, -0.15) is 5.26 Å². The van der Waals surface area contributed by atoms with E-state index >= 15 is 0 Å². The van der Waals surface area contributed by atoms with Gasteiger partial charge in [0.25, 0.3) is 0 Å². The van der Waals surface area contributed by atoms with Crippen molar-refractivity contribution in [3.05, 3.63) is 23.9 Å². The van der Waals surface area contributed by atoms with Crippen LogP contribution in [0.5, 0.6) is 5.88 Å². The Kier molecular flexibility index (Phi) is 3.35. The molecule has 3 nitrogen and oxygen atoms in total. The van der Waals surface area contributed by atoms with Gasteiger partial charge in [-0.15, -0.1) is 0 Å². The molecule has 0 amide bonds. The van der Waals surface area contributed by atoms with Crippen molar-refractivity contribution in [2.75, 3.05) is 6.61 Å². The molecule has 0 saturated carbocycles. The summed E-state index contributed by atoms with van der Waals surface area (Å²) in [5.74, 6) is 5.50. The molecule has 0 aliphatic carbocycles. The topological polar surface area (TPSA) is 45.9 Å². The molecule has 64 valence electrons. The minimum Gasteiger partial charge on any atom is -0.478 e. The van der Waals surface area contributed by atoms with Gasteiger partial charge >= 0.3 is 0 Å². The summed E-state index contributed by atoms with van der Waals surface area (Å²) in [7, 11) is 0. The Bertz CT molecular complexity index is 365. The van der Waals surface area contributed by atoms with E-state index in [1.807, 2.05) is 6.92 Å². The molecule has 0 unspecified atom stereocenters. The molecule has 0 radical (unpaired) electrons. The lowest BCUT2D eigenvalue weighted by Gasteiger charge is -1.99. The van der Waals surface area contributed by atoms with E-state index in [0.717, 1.165) is 0 Å². The number of aromatic nitrogens is 1. The van der Waals surface area contributed by atoms with Gasteiger partial charge in [0, 0.05) is 23.7 Å². The summed E-state index contributed by atoms with van der Waals surface area (Å²) >= 11 is 0. The Morgan fingerprint density at radius 2 is 2.38 bits per heavy atom. The molecule has 0 saturated heterocycles. The first-order chi connectivity index (χ1) is 6.36. The number of rotatable bonds is 2. The molecular weight excluding hydrogens is 164 g/mol. The van der Waals surface area contributed by atoms with Gasteiger partial charge < -0.3 is 4.74 Å². The minimum atomic E-state index is 0.574. The zero-order chi connectivity index (χ0) is 9.52. The predicted molar refractivity (Wildman–Crippen MR) is 47.9 cm³/mol. The Labute approximate surface area is 77.0 Å². The molecule has 0 bridgehead atoms. The van der Waals surface area contributed by atoms with Crippen LogP contribution >= 0.6 is 0 Å². The number of nitriles is 1. The molecule has 1 aromatic rings. The van der Waals surface area contributed by atoms with Gasteiger partial charge in [-0.3, -0.25) is 0 Å². The Balaban J connectivity index is 2.76. The van der Waals surface area contributed by atoms with Crippen LogP contribution in [0, 0.1) is 23.2 Å². The van der Waals surface area contributed by atoms with Crippen LogP contribution in [0.4, 0.5) is 0 Å². The zero-order valence-corrected chi connectivity index (χ0v) is 7.24. The minimum absolute atomic E-state index is 0.574. The summed E-state index contributed by atoms with van der Waals surface area (Å²) in [5.41, 5.74) is 0.713. The van der Waals surface area contributed by atoms with Gasteiger partial charge in [0.2, 0.25) is 5.88 Å². The number of nitrogens with zero attached hydrogens (tertiary/aromatic N) is 2. The van der Waals surface area contributed by atoms with Gasteiger partial charge in [0.1, 0.15) is 0 Å². The molecule has 0 aromatic carbocycles. The first-order valence-corrected chi connectivity index (χ1v) is 3.85. The second kappa shape index (κ2) is 4.79. The molecule has 0 atom stereocenters. The quantitative estimate of drug-likeness (QED) is 0.632. The second-order valence-electron chi connectivity index (χ2n) is 2.18. The molecule has 1 aromatic heterocycles. The molecule has 1 rings (SSSR count). The van der Waals surface area contributed by atoms with Crippen molar-refractivity contribution in [2.24, 2.45) is 0 Å². The highest BCUT2D eigenvalue weighted by atomic mass is 16.5. The Morgan fingerprint density at radius 1 is 1.54 bits per heavy atom. The van der Waals surface area contributed by atoms with E-state index in [1.54, 1.807) is 24.4 Å². The van der Waals surface area contributed by atoms with Crippen molar-refractivity contribution in [2.45, 2.75) is 6.92 Å². The molecule has 0 N–H and O–H groups in total. The summed E-state index contributed by atoms with van der Waals surface area (Å²) in [5, 5.41) is 8.20. The van der Waals surface area contributed by atoms with Gasteiger partial charge in [-0.05, 0) is 18.9 Å². The largest absolute Gasteiger partial charge is 0.478 e. The molecule has 3 heteroatoms. The third-order valence-electron chi connectivity index (χ3n) is 1.29. The average Bonchev–Trinajstić information content (AvgIpc) is 2.17. The first-order valence-electron chi connectivity index (χ1n) is 3.85. The number of hydrogen-bond acceptors (Lipinski definition) is 3. The first kappa shape index (κ1) is 9.09. The number of pyridine rings is 1. The maximum absolute atomic E-state index is 8.20. The fraction of sp³-hybridized carbons (Fsp3) is 0.200.